The van der Waals surface area contributed by atoms with Crippen LogP contribution in [0.2, 0.25) is 0 Å². The molecule has 5 aromatic carbocycles. The summed E-state index contributed by atoms with van der Waals surface area (Å²) in [5, 5.41) is 2.45. The van der Waals surface area contributed by atoms with Gasteiger partial charge in [0.1, 0.15) is 0 Å². The van der Waals surface area contributed by atoms with E-state index in [9.17, 15) is 9.59 Å². The van der Waals surface area contributed by atoms with Crippen LogP contribution in [-0.2, 0) is 0 Å². The van der Waals surface area contributed by atoms with Gasteiger partial charge >= 0.3 is 0 Å². The van der Waals surface area contributed by atoms with Gasteiger partial charge in [-0.2, -0.15) is 0 Å². The second-order valence-corrected chi connectivity index (χ2v) is 11.8. The van der Waals surface area contributed by atoms with Crippen molar-refractivity contribution in [3.05, 3.63) is 118 Å². The van der Waals surface area contributed by atoms with Crippen molar-refractivity contribution in [2.75, 3.05) is 0 Å². The molecule has 0 atom stereocenters. The molecular weight excluding hydrogens is 508 g/mol. The van der Waals surface area contributed by atoms with Crippen molar-refractivity contribution in [2.45, 2.75) is 0 Å². The zero-order valence-electron chi connectivity index (χ0n) is 19.8. The molecule has 0 amide bonds. The van der Waals surface area contributed by atoms with E-state index in [1.165, 1.54) is 0 Å². The minimum absolute atomic E-state index is 0.0437. The maximum Gasteiger partial charge on any atom is 0.197 e. The molecule has 0 saturated heterocycles. The van der Waals surface area contributed by atoms with Gasteiger partial charge in [0.2, 0.25) is 0 Å². The van der Waals surface area contributed by atoms with Gasteiger partial charge in [-0.1, -0.05) is 36.4 Å². The first-order chi connectivity index (χ1) is 18.7. The Bertz CT molecular complexity index is 2440. The lowest BCUT2D eigenvalue weighted by Crippen LogP contribution is -2.12. The van der Waals surface area contributed by atoms with Crippen molar-refractivity contribution >= 4 is 96.1 Å². The number of rotatable bonds is 0. The van der Waals surface area contributed by atoms with E-state index in [4.69, 9.17) is 0 Å². The molecule has 0 unspecified atom stereocenters. The zero-order valence-corrected chi connectivity index (χ0v) is 21.4. The Labute approximate surface area is 221 Å². The average Bonchev–Trinajstić information content (AvgIpc) is 2.96. The van der Waals surface area contributed by atoms with Crippen LogP contribution in [-0.4, -0.2) is 8.80 Å². The van der Waals surface area contributed by atoms with E-state index in [2.05, 4.69) is 51.3 Å². The van der Waals surface area contributed by atoms with Crippen molar-refractivity contribution in [3.8, 4) is 0 Å². The Morgan fingerprint density at radius 3 is 1.37 bits per heavy atom. The number of para-hydroxylation sites is 4. The molecule has 9 aromatic rings. The lowest BCUT2D eigenvalue weighted by atomic mass is 10.0. The minimum atomic E-state index is -0.0437. The van der Waals surface area contributed by atoms with Gasteiger partial charge in [0.15, 0.2) is 10.9 Å². The smallest absolute Gasteiger partial charge is 0.197 e. The third kappa shape index (κ3) is 2.44. The van der Waals surface area contributed by atoms with Crippen LogP contribution in [0.4, 0.5) is 0 Å². The van der Waals surface area contributed by atoms with Crippen LogP contribution in [0, 0.1) is 0 Å². The first kappa shape index (κ1) is 20.5. The van der Waals surface area contributed by atoms with E-state index in [1.54, 1.807) is 22.7 Å². The molecule has 0 N–H and O–H groups in total. The van der Waals surface area contributed by atoms with Crippen molar-refractivity contribution in [3.63, 3.8) is 0 Å². The largest absolute Gasteiger partial charge is 0.306 e. The Hall–Kier alpha value is -4.52. The Morgan fingerprint density at radius 1 is 0.421 bits per heavy atom. The van der Waals surface area contributed by atoms with Crippen LogP contribution in [0.3, 0.4) is 0 Å². The highest BCUT2D eigenvalue weighted by Crippen LogP contribution is 2.36. The van der Waals surface area contributed by atoms with Gasteiger partial charge in [-0.3, -0.25) is 9.59 Å². The van der Waals surface area contributed by atoms with Crippen molar-refractivity contribution in [2.24, 2.45) is 0 Å². The third-order valence-corrected chi connectivity index (χ3v) is 9.90. The minimum Gasteiger partial charge on any atom is -0.306 e. The molecule has 0 fully saturated rings. The summed E-state index contributed by atoms with van der Waals surface area (Å²) in [4.78, 5) is 27.9. The van der Waals surface area contributed by atoms with Gasteiger partial charge in [0.05, 0.1) is 51.9 Å². The molecule has 6 heteroatoms. The van der Waals surface area contributed by atoms with E-state index >= 15 is 0 Å². The lowest BCUT2D eigenvalue weighted by Gasteiger charge is -2.17. The summed E-state index contributed by atoms with van der Waals surface area (Å²) in [5.74, 6) is 0. The maximum absolute atomic E-state index is 13.9. The summed E-state index contributed by atoms with van der Waals surface area (Å²) in [6.45, 7) is 0. The van der Waals surface area contributed by atoms with Gasteiger partial charge in [-0.05, 0) is 60.7 Å². The van der Waals surface area contributed by atoms with Crippen molar-refractivity contribution in [1.29, 1.82) is 0 Å². The van der Waals surface area contributed by atoms with Gasteiger partial charge in [0.25, 0.3) is 0 Å². The van der Waals surface area contributed by atoms with Crippen LogP contribution in [0.5, 0.6) is 0 Å². The predicted molar refractivity (Wildman–Crippen MR) is 162 cm³/mol. The number of fused-ring (bicyclic) bond motifs is 8. The standard InChI is InChI=1S/C32H16N2O2S2/c35-31-17-7-5-13-27-29(17)33(21-9-1-3-11-25(21)37-27)23-16-24-20(15-19(23)31)32(36)18-8-6-14-28-30(18)34(24)22-10-2-4-12-26(22)38-28/h1-16H. The van der Waals surface area contributed by atoms with E-state index in [0.29, 0.717) is 21.5 Å². The molecule has 4 heterocycles. The topological polar surface area (TPSA) is 43.0 Å². The Kier molecular flexibility index (Phi) is 3.82. The Morgan fingerprint density at radius 2 is 0.868 bits per heavy atom. The highest BCUT2D eigenvalue weighted by molar-refractivity contribution is 7.24. The molecule has 0 spiro atoms. The van der Waals surface area contributed by atoms with E-state index < -0.39 is 0 Å². The molecule has 0 aliphatic carbocycles. The first-order valence-corrected chi connectivity index (χ1v) is 14.0. The predicted octanol–water partition coefficient (Wildman–Crippen LogP) is 7.95. The number of hydrogen-bond donors (Lipinski definition) is 0. The zero-order chi connectivity index (χ0) is 25.1. The summed E-state index contributed by atoms with van der Waals surface area (Å²) in [6.07, 6.45) is 0. The van der Waals surface area contributed by atoms with Gasteiger partial charge < -0.3 is 8.80 Å². The molecular formula is C32H16N2O2S2. The van der Waals surface area contributed by atoms with Crippen molar-refractivity contribution in [1.82, 2.24) is 8.80 Å². The fourth-order valence-electron chi connectivity index (χ4n) is 6.07. The quantitative estimate of drug-likeness (QED) is 0.149. The number of benzene rings is 5. The van der Waals surface area contributed by atoms with Crippen LogP contribution in [0.15, 0.2) is 107 Å². The molecule has 4 nitrogen and oxygen atoms in total. The normalized spacial score (nSPS) is 12.4. The van der Waals surface area contributed by atoms with Gasteiger partial charge in [-0.15, -0.1) is 22.7 Å². The lowest BCUT2D eigenvalue weighted by molar-refractivity contribution is 1.30. The number of hydrogen-bond acceptors (Lipinski definition) is 4. The Balaban J connectivity index is 1.68. The third-order valence-electron chi connectivity index (χ3n) is 7.67. The average molecular weight is 525 g/mol. The highest BCUT2D eigenvalue weighted by atomic mass is 32.1. The molecule has 0 saturated carbocycles. The molecule has 0 aliphatic heterocycles. The maximum atomic E-state index is 13.9. The fraction of sp³-hybridized carbons (Fsp3) is 0. The summed E-state index contributed by atoms with van der Waals surface area (Å²) < 4.78 is 8.81. The van der Waals surface area contributed by atoms with Crippen LogP contribution in [0.1, 0.15) is 0 Å². The molecule has 9 rings (SSSR count). The number of nitrogens with zero attached hydrogens (tertiary/aromatic N) is 2. The van der Waals surface area contributed by atoms with Crippen LogP contribution < -0.4 is 10.9 Å². The van der Waals surface area contributed by atoms with E-state index in [0.717, 1.165) is 51.9 Å². The second-order valence-electron chi connectivity index (χ2n) is 9.66. The summed E-state index contributed by atoms with van der Waals surface area (Å²) >= 11 is 3.38. The van der Waals surface area contributed by atoms with Gasteiger partial charge in [-0.25, -0.2) is 0 Å². The highest BCUT2D eigenvalue weighted by Gasteiger charge is 2.19. The van der Waals surface area contributed by atoms with Crippen LogP contribution >= 0.6 is 22.7 Å². The first-order valence-electron chi connectivity index (χ1n) is 12.4. The fourth-order valence-corrected chi connectivity index (χ4v) is 8.26. The van der Waals surface area contributed by atoms with E-state index in [1.807, 2.05) is 54.6 Å². The SMILES string of the molecule is O=c1c2cc3c(=O)c4cccc5sc6ccccc6n(c3cc2n2c3ccccc3sc3cccc1c32)c54. The molecule has 0 aliphatic rings. The van der Waals surface area contributed by atoms with Crippen molar-refractivity contribution < 1.29 is 0 Å². The summed E-state index contributed by atoms with van der Waals surface area (Å²) in [6, 6.07) is 32.3. The summed E-state index contributed by atoms with van der Waals surface area (Å²) in [5.41, 5.74) is 5.47. The number of aromatic nitrogens is 2. The van der Waals surface area contributed by atoms with Crippen LogP contribution in [0.25, 0.3) is 73.4 Å². The molecule has 38 heavy (non-hydrogen) atoms. The molecule has 4 aromatic heterocycles. The molecule has 178 valence electrons. The molecule has 0 bridgehead atoms. The second kappa shape index (κ2) is 7.07. The van der Waals surface area contributed by atoms with E-state index in [-0.39, 0.29) is 10.9 Å². The molecule has 0 radical (unpaired) electrons. The van der Waals surface area contributed by atoms with Gasteiger partial charge in [0, 0.05) is 21.5 Å². The number of pyridine rings is 2. The summed E-state index contributed by atoms with van der Waals surface area (Å²) in [7, 11) is 0. The monoisotopic (exact) mass is 524 g/mol.